The Hall–Kier alpha value is -4.51. The Labute approximate surface area is 251 Å². The Morgan fingerprint density at radius 2 is 1.93 bits per heavy atom. The quantitative estimate of drug-likeness (QED) is 0.238. The van der Waals surface area contributed by atoms with Crippen LogP contribution in [0, 0.1) is 0 Å². The van der Waals surface area contributed by atoms with Gasteiger partial charge in [-0.3, -0.25) is 9.36 Å². The molecule has 0 spiro atoms. The molecule has 11 heteroatoms. The average molecular weight is 617 g/mol. The van der Waals surface area contributed by atoms with Crippen molar-refractivity contribution in [3.63, 3.8) is 0 Å². The summed E-state index contributed by atoms with van der Waals surface area (Å²) in [6.45, 7) is 1.91. The van der Waals surface area contributed by atoms with Crippen LogP contribution in [0.3, 0.4) is 0 Å². The Kier molecular flexibility index (Phi) is 7.51. The summed E-state index contributed by atoms with van der Waals surface area (Å²) in [5.41, 5.74) is 1.62. The van der Waals surface area contributed by atoms with Gasteiger partial charge in [0, 0.05) is 22.1 Å². The molecular formula is C31H21ClN2O6S2. The number of carbonyl (C=O) groups is 2. The number of hydrogen-bond donors (Lipinski definition) is 1. The van der Waals surface area contributed by atoms with E-state index in [2.05, 4.69) is 0 Å². The zero-order valence-electron chi connectivity index (χ0n) is 21.9. The minimum Gasteiger partial charge on any atom is -0.478 e. The molecule has 0 bridgehead atoms. The summed E-state index contributed by atoms with van der Waals surface area (Å²) in [5.74, 6) is -0.899. The highest BCUT2D eigenvalue weighted by molar-refractivity contribution is 7.10. The molecule has 8 nitrogen and oxygen atoms in total. The molecule has 42 heavy (non-hydrogen) atoms. The smallest absolute Gasteiger partial charge is 0.338 e. The van der Waals surface area contributed by atoms with Crippen molar-refractivity contribution in [3.8, 4) is 11.3 Å². The predicted molar refractivity (Wildman–Crippen MR) is 161 cm³/mol. The van der Waals surface area contributed by atoms with Gasteiger partial charge in [0.25, 0.3) is 5.56 Å². The summed E-state index contributed by atoms with van der Waals surface area (Å²) in [7, 11) is 0. The summed E-state index contributed by atoms with van der Waals surface area (Å²) in [4.78, 5) is 44.8. The molecule has 0 unspecified atom stereocenters. The molecule has 1 N–H and O–H groups in total. The molecule has 1 atom stereocenters. The number of furan rings is 1. The first-order valence-electron chi connectivity index (χ1n) is 12.8. The van der Waals surface area contributed by atoms with Crippen molar-refractivity contribution >= 4 is 58.0 Å². The van der Waals surface area contributed by atoms with E-state index < -0.39 is 18.0 Å². The molecule has 1 aliphatic heterocycles. The first-order chi connectivity index (χ1) is 20.4. The number of rotatable bonds is 7. The van der Waals surface area contributed by atoms with Crippen molar-refractivity contribution in [1.82, 2.24) is 4.57 Å². The van der Waals surface area contributed by atoms with Crippen molar-refractivity contribution in [2.24, 2.45) is 4.99 Å². The van der Waals surface area contributed by atoms with Crippen LogP contribution in [-0.4, -0.2) is 28.2 Å². The summed E-state index contributed by atoms with van der Waals surface area (Å²) in [5, 5.41) is 11.6. The first-order valence-corrected chi connectivity index (χ1v) is 14.9. The number of fused-ring (bicyclic) bond motifs is 1. The van der Waals surface area contributed by atoms with Gasteiger partial charge in [0.15, 0.2) is 4.80 Å². The molecule has 4 heterocycles. The molecular weight excluding hydrogens is 596 g/mol. The second-order valence-corrected chi connectivity index (χ2v) is 11.5. The number of aromatic carboxylic acids is 1. The Balaban J connectivity index is 1.52. The molecule has 5 aromatic rings. The van der Waals surface area contributed by atoms with Gasteiger partial charge in [0.05, 0.1) is 33.0 Å². The number of carboxylic acids is 1. The lowest BCUT2D eigenvalue weighted by Gasteiger charge is -2.24. The van der Waals surface area contributed by atoms with E-state index in [9.17, 15) is 19.5 Å². The molecule has 0 aliphatic carbocycles. The molecule has 0 fully saturated rings. The summed E-state index contributed by atoms with van der Waals surface area (Å²) >= 11 is 8.94. The van der Waals surface area contributed by atoms with Crippen LogP contribution in [0.4, 0.5) is 0 Å². The third-order valence-corrected chi connectivity index (χ3v) is 8.80. The van der Waals surface area contributed by atoms with Crippen molar-refractivity contribution in [2.45, 2.75) is 13.0 Å². The second-order valence-electron chi connectivity index (χ2n) is 9.15. The van der Waals surface area contributed by atoms with Crippen LogP contribution >= 0.6 is 34.3 Å². The number of esters is 1. The van der Waals surface area contributed by atoms with Gasteiger partial charge < -0.3 is 14.3 Å². The fourth-order valence-electron chi connectivity index (χ4n) is 4.71. The van der Waals surface area contributed by atoms with E-state index in [1.165, 1.54) is 45.4 Å². The highest BCUT2D eigenvalue weighted by Crippen LogP contribution is 2.37. The van der Waals surface area contributed by atoms with Crippen LogP contribution in [0.1, 0.15) is 39.5 Å². The Morgan fingerprint density at radius 3 is 2.64 bits per heavy atom. The van der Waals surface area contributed by atoms with Crippen molar-refractivity contribution in [1.29, 1.82) is 0 Å². The normalized spacial score (nSPS) is 14.9. The number of thiazole rings is 1. The second kappa shape index (κ2) is 11.4. The van der Waals surface area contributed by atoms with Gasteiger partial charge in [-0.15, -0.1) is 11.3 Å². The van der Waals surface area contributed by atoms with Gasteiger partial charge in [-0.25, -0.2) is 14.6 Å². The van der Waals surface area contributed by atoms with Gasteiger partial charge in [0.2, 0.25) is 0 Å². The summed E-state index contributed by atoms with van der Waals surface area (Å²) in [6.07, 6.45) is 1.60. The van der Waals surface area contributed by atoms with Crippen LogP contribution in [0.25, 0.3) is 23.1 Å². The fraction of sp³-hybridized carbons (Fsp3) is 0.0968. The van der Waals surface area contributed by atoms with E-state index in [4.69, 9.17) is 25.7 Å². The average Bonchev–Trinajstić information content (AvgIpc) is 3.75. The first kappa shape index (κ1) is 27.6. The van der Waals surface area contributed by atoms with E-state index in [1.807, 2.05) is 47.8 Å². The molecule has 2 aromatic carbocycles. The number of halogens is 1. The topological polar surface area (TPSA) is 111 Å². The standard InChI is InChI=1S/C31H21ClN2O6S2/c1-2-39-30(38)25-26(17-7-4-3-5-8-17)33-31-34(27(25)23-9-6-14-41-23)28(35)24(42-31)16-19-11-13-22(40-19)20-15-18(29(36)37)10-12-21(20)32/h3-16,27H,2H2,1H3,(H,36,37)/b24-16+/t27-/m1/s1. The van der Waals surface area contributed by atoms with E-state index in [1.54, 1.807) is 25.1 Å². The molecule has 0 radical (unpaired) electrons. The number of benzene rings is 2. The van der Waals surface area contributed by atoms with E-state index >= 15 is 0 Å². The number of carboxylic acid groups (broad SMARTS) is 1. The molecule has 0 amide bonds. The number of aromatic nitrogens is 1. The predicted octanol–water partition coefficient (Wildman–Crippen LogP) is 5.61. The molecule has 0 saturated carbocycles. The van der Waals surface area contributed by atoms with Gasteiger partial charge in [-0.2, -0.15) is 0 Å². The van der Waals surface area contributed by atoms with Gasteiger partial charge >= 0.3 is 11.9 Å². The lowest BCUT2D eigenvalue weighted by Crippen LogP contribution is -2.39. The third kappa shape index (κ3) is 5.04. The lowest BCUT2D eigenvalue weighted by atomic mass is 9.97. The minimum absolute atomic E-state index is 0.0702. The van der Waals surface area contributed by atoms with Crippen LogP contribution in [0.5, 0.6) is 0 Å². The number of thiophene rings is 1. The van der Waals surface area contributed by atoms with Crippen molar-refractivity contribution < 1.29 is 23.8 Å². The Morgan fingerprint density at radius 1 is 1.12 bits per heavy atom. The number of carbonyl (C=O) groups excluding carboxylic acids is 1. The summed E-state index contributed by atoms with van der Waals surface area (Å²) < 4.78 is 13.3. The molecule has 210 valence electrons. The molecule has 1 aliphatic rings. The highest BCUT2D eigenvalue weighted by Gasteiger charge is 2.35. The van der Waals surface area contributed by atoms with Crippen molar-refractivity contribution in [3.05, 3.63) is 130 Å². The van der Waals surface area contributed by atoms with E-state index in [0.717, 1.165) is 10.4 Å². The van der Waals surface area contributed by atoms with E-state index in [0.29, 0.717) is 37.1 Å². The van der Waals surface area contributed by atoms with Gasteiger partial charge in [-0.1, -0.05) is 59.3 Å². The number of nitrogens with zero attached hydrogens (tertiary/aromatic N) is 2. The SMILES string of the molecule is CCOC(=O)C1=C(c2ccccc2)N=c2s/c(=C/c3ccc(-c4cc(C(=O)O)ccc4Cl)o3)c(=O)n2[C@@H]1c1cccs1. The lowest BCUT2D eigenvalue weighted by molar-refractivity contribution is -0.138. The van der Waals surface area contributed by atoms with Gasteiger partial charge in [-0.05, 0) is 48.7 Å². The van der Waals surface area contributed by atoms with Crippen LogP contribution in [0.2, 0.25) is 5.02 Å². The molecule has 3 aromatic heterocycles. The zero-order chi connectivity index (χ0) is 29.4. The maximum absolute atomic E-state index is 13.9. The van der Waals surface area contributed by atoms with Gasteiger partial charge in [0.1, 0.15) is 17.6 Å². The maximum Gasteiger partial charge on any atom is 0.338 e. The van der Waals surface area contributed by atoms with Crippen LogP contribution < -0.4 is 14.9 Å². The van der Waals surface area contributed by atoms with Crippen LogP contribution in [-0.2, 0) is 9.53 Å². The van der Waals surface area contributed by atoms with E-state index in [-0.39, 0.29) is 23.3 Å². The Bertz CT molecular complexity index is 2040. The zero-order valence-corrected chi connectivity index (χ0v) is 24.3. The number of hydrogen-bond acceptors (Lipinski definition) is 8. The third-order valence-electron chi connectivity index (χ3n) is 6.57. The monoisotopic (exact) mass is 616 g/mol. The molecule has 0 saturated heterocycles. The highest BCUT2D eigenvalue weighted by atomic mass is 35.5. The summed E-state index contributed by atoms with van der Waals surface area (Å²) in [6, 6.07) is 20.0. The number of ether oxygens (including phenoxy) is 1. The largest absolute Gasteiger partial charge is 0.478 e. The fourth-order valence-corrected chi connectivity index (χ4v) is 6.72. The van der Waals surface area contributed by atoms with Crippen molar-refractivity contribution in [2.75, 3.05) is 6.61 Å². The van der Waals surface area contributed by atoms with Crippen LogP contribution in [0.15, 0.2) is 98.0 Å². The maximum atomic E-state index is 13.9. The molecule has 6 rings (SSSR count). The minimum atomic E-state index is -1.09.